The number of carboxylic acid groups (broad SMARTS) is 1. The summed E-state index contributed by atoms with van der Waals surface area (Å²) in [5.41, 5.74) is -1.73. The van der Waals surface area contributed by atoms with Crippen LogP contribution >= 0.6 is 0 Å². The van der Waals surface area contributed by atoms with Gasteiger partial charge in [-0.25, -0.2) is 4.79 Å². The van der Waals surface area contributed by atoms with Gasteiger partial charge in [0.15, 0.2) is 0 Å². The van der Waals surface area contributed by atoms with Crippen LogP contribution in [-0.2, 0) is 4.79 Å². The number of amides is 2. The number of hydrogen-bond donors (Lipinski definition) is 2. The minimum atomic E-state index is -1.03. The molecule has 2 N–H and O–H groups in total. The van der Waals surface area contributed by atoms with Gasteiger partial charge in [0.1, 0.15) is 0 Å². The fraction of sp³-hybridized carbons (Fsp3) is 0.867. The van der Waals surface area contributed by atoms with E-state index in [4.69, 9.17) is 0 Å². The third-order valence-corrected chi connectivity index (χ3v) is 4.70. The summed E-state index contributed by atoms with van der Waals surface area (Å²) in [5.74, 6) is -0.915. The fourth-order valence-corrected chi connectivity index (χ4v) is 2.37. The zero-order valence-electron chi connectivity index (χ0n) is 13.5. The number of aliphatic carboxylic acids is 1. The normalized spacial score (nSPS) is 19.6. The lowest BCUT2D eigenvalue weighted by atomic mass is 9.74. The molecule has 0 saturated carbocycles. The molecule has 1 heterocycles. The van der Waals surface area contributed by atoms with Crippen LogP contribution in [-0.4, -0.2) is 40.6 Å². The van der Waals surface area contributed by atoms with Gasteiger partial charge in [0.2, 0.25) is 0 Å². The van der Waals surface area contributed by atoms with Gasteiger partial charge in [0.25, 0.3) is 0 Å². The summed E-state index contributed by atoms with van der Waals surface area (Å²) in [6.45, 7) is 12.5. The van der Waals surface area contributed by atoms with Gasteiger partial charge in [0.05, 0.1) is 11.0 Å². The summed E-state index contributed by atoms with van der Waals surface area (Å²) < 4.78 is 0. The van der Waals surface area contributed by atoms with Crippen molar-refractivity contribution in [3.05, 3.63) is 0 Å². The van der Waals surface area contributed by atoms with E-state index in [9.17, 15) is 14.7 Å². The molecule has 0 aliphatic carbocycles. The molecule has 20 heavy (non-hydrogen) atoms. The molecule has 2 amide bonds. The van der Waals surface area contributed by atoms with E-state index >= 15 is 0 Å². The second kappa shape index (κ2) is 5.26. The summed E-state index contributed by atoms with van der Waals surface area (Å²) in [6.07, 6.45) is 2.10. The van der Waals surface area contributed by atoms with Crippen LogP contribution in [0.15, 0.2) is 0 Å². The number of nitrogens with one attached hydrogen (secondary N) is 1. The van der Waals surface area contributed by atoms with Crippen LogP contribution in [0.4, 0.5) is 4.79 Å². The lowest BCUT2D eigenvalue weighted by Gasteiger charge is -2.43. The lowest BCUT2D eigenvalue weighted by Crippen LogP contribution is -2.60. The van der Waals surface area contributed by atoms with Crippen molar-refractivity contribution in [3.63, 3.8) is 0 Å². The van der Waals surface area contributed by atoms with Gasteiger partial charge in [-0.2, -0.15) is 0 Å². The predicted molar refractivity (Wildman–Crippen MR) is 78.6 cm³/mol. The van der Waals surface area contributed by atoms with E-state index in [1.807, 2.05) is 0 Å². The molecule has 1 saturated heterocycles. The maximum Gasteiger partial charge on any atom is 0.317 e. The van der Waals surface area contributed by atoms with Gasteiger partial charge in [-0.05, 0) is 46.0 Å². The summed E-state index contributed by atoms with van der Waals surface area (Å²) >= 11 is 0. The molecule has 116 valence electrons. The Labute approximate surface area is 121 Å². The Hall–Kier alpha value is -1.26. The molecule has 1 rings (SSSR count). The molecular weight excluding hydrogens is 256 g/mol. The largest absolute Gasteiger partial charge is 0.481 e. The average molecular weight is 284 g/mol. The number of likely N-dealkylation sites (tertiary alicyclic amines) is 1. The Balaban J connectivity index is 2.77. The molecule has 1 aliphatic rings. The number of nitrogens with zero attached hydrogens (tertiary/aromatic N) is 1. The number of carboxylic acids is 1. The number of rotatable bonds is 3. The summed E-state index contributed by atoms with van der Waals surface area (Å²) in [7, 11) is 0. The van der Waals surface area contributed by atoms with Gasteiger partial charge in [-0.3, -0.25) is 4.79 Å². The van der Waals surface area contributed by atoms with Gasteiger partial charge in [-0.1, -0.05) is 13.8 Å². The van der Waals surface area contributed by atoms with E-state index in [1.165, 1.54) is 0 Å². The molecule has 0 atom stereocenters. The highest BCUT2D eigenvalue weighted by Gasteiger charge is 2.45. The number of piperidine rings is 1. The molecule has 0 spiro atoms. The molecule has 0 unspecified atom stereocenters. The smallest absolute Gasteiger partial charge is 0.317 e. The molecule has 0 bridgehead atoms. The van der Waals surface area contributed by atoms with E-state index in [-0.39, 0.29) is 11.4 Å². The molecule has 0 aromatic carbocycles. The molecule has 0 aromatic heterocycles. The van der Waals surface area contributed by atoms with Crippen molar-refractivity contribution in [3.8, 4) is 0 Å². The third kappa shape index (κ3) is 3.44. The Kier molecular flexibility index (Phi) is 4.42. The van der Waals surface area contributed by atoms with Crippen LogP contribution < -0.4 is 5.32 Å². The minimum absolute atomic E-state index is 0.127. The van der Waals surface area contributed by atoms with Gasteiger partial charge in [-0.15, -0.1) is 0 Å². The first kappa shape index (κ1) is 16.8. The highest BCUT2D eigenvalue weighted by molar-refractivity contribution is 5.79. The summed E-state index contributed by atoms with van der Waals surface area (Å²) in [4.78, 5) is 25.6. The molecule has 5 heteroatoms. The Bertz CT molecular complexity index is 400. The standard InChI is InChI=1S/C15H28N2O3/c1-13(2)8-7-9-17(10-13)12(20)16-15(5,6)14(3,4)11(18)19/h7-10H2,1-6H3,(H,16,20)(H,18,19). The predicted octanol–water partition coefficient (Wildman–Crippen LogP) is 2.71. The zero-order valence-corrected chi connectivity index (χ0v) is 13.5. The first-order valence-corrected chi connectivity index (χ1v) is 7.20. The van der Waals surface area contributed by atoms with Crippen molar-refractivity contribution in [1.29, 1.82) is 0 Å². The molecule has 1 aliphatic heterocycles. The molecule has 0 aromatic rings. The number of carbonyl (C=O) groups is 2. The number of urea groups is 1. The van der Waals surface area contributed by atoms with Gasteiger partial charge < -0.3 is 15.3 Å². The summed E-state index contributed by atoms with van der Waals surface area (Å²) in [6, 6.07) is -0.169. The van der Waals surface area contributed by atoms with E-state index in [1.54, 1.807) is 32.6 Å². The molecule has 5 nitrogen and oxygen atoms in total. The first-order chi connectivity index (χ1) is 8.89. The lowest BCUT2D eigenvalue weighted by molar-refractivity contribution is -0.150. The minimum Gasteiger partial charge on any atom is -0.481 e. The van der Waals surface area contributed by atoms with Crippen molar-refractivity contribution in [2.45, 2.75) is 59.9 Å². The molecular formula is C15H28N2O3. The van der Waals surface area contributed by atoms with Crippen LogP contribution in [0.3, 0.4) is 0 Å². The first-order valence-electron chi connectivity index (χ1n) is 7.20. The Morgan fingerprint density at radius 2 is 1.75 bits per heavy atom. The number of hydrogen-bond acceptors (Lipinski definition) is 2. The van der Waals surface area contributed by atoms with Crippen LogP contribution in [0.2, 0.25) is 0 Å². The second-order valence-electron chi connectivity index (χ2n) is 7.67. The third-order valence-electron chi connectivity index (χ3n) is 4.70. The van der Waals surface area contributed by atoms with Crippen molar-refractivity contribution >= 4 is 12.0 Å². The zero-order chi connectivity index (χ0) is 15.8. The quantitative estimate of drug-likeness (QED) is 0.837. The van der Waals surface area contributed by atoms with E-state index in [2.05, 4.69) is 19.2 Å². The van der Waals surface area contributed by atoms with E-state index in [0.29, 0.717) is 6.54 Å². The molecule has 0 radical (unpaired) electrons. The highest BCUT2D eigenvalue weighted by Crippen LogP contribution is 2.32. The van der Waals surface area contributed by atoms with Crippen molar-refractivity contribution in [1.82, 2.24) is 10.2 Å². The van der Waals surface area contributed by atoms with E-state index < -0.39 is 16.9 Å². The van der Waals surface area contributed by atoms with Gasteiger partial charge >= 0.3 is 12.0 Å². The van der Waals surface area contributed by atoms with Crippen LogP contribution in [0.25, 0.3) is 0 Å². The monoisotopic (exact) mass is 284 g/mol. The van der Waals surface area contributed by atoms with Crippen molar-refractivity contribution < 1.29 is 14.7 Å². The second-order valence-corrected chi connectivity index (χ2v) is 7.67. The van der Waals surface area contributed by atoms with Gasteiger partial charge in [0, 0.05) is 13.1 Å². The van der Waals surface area contributed by atoms with Crippen LogP contribution in [0, 0.1) is 10.8 Å². The Morgan fingerprint density at radius 1 is 1.20 bits per heavy atom. The SMILES string of the molecule is CC1(C)CCCN(C(=O)NC(C)(C)C(C)(C)C(=O)O)C1. The van der Waals surface area contributed by atoms with Crippen LogP contribution in [0.1, 0.15) is 54.4 Å². The molecule has 1 fully saturated rings. The average Bonchev–Trinajstić information content (AvgIpc) is 2.26. The van der Waals surface area contributed by atoms with Crippen molar-refractivity contribution in [2.75, 3.05) is 13.1 Å². The van der Waals surface area contributed by atoms with Crippen molar-refractivity contribution in [2.24, 2.45) is 10.8 Å². The summed E-state index contributed by atoms with van der Waals surface area (Å²) in [5, 5.41) is 12.2. The van der Waals surface area contributed by atoms with E-state index in [0.717, 1.165) is 19.4 Å². The number of carbonyl (C=O) groups excluding carboxylic acids is 1. The van der Waals surface area contributed by atoms with Crippen LogP contribution in [0.5, 0.6) is 0 Å². The topological polar surface area (TPSA) is 69.6 Å². The Morgan fingerprint density at radius 3 is 2.20 bits per heavy atom. The highest BCUT2D eigenvalue weighted by atomic mass is 16.4. The fourth-order valence-electron chi connectivity index (χ4n) is 2.37. The maximum absolute atomic E-state index is 12.4. The maximum atomic E-state index is 12.4.